The normalized spacial score (nSPS) is 33.1. The second-order valence-corrected chi connectivity index (χ2v) is 3.69. The van der Waals surface area contributed by atoms with Crippen molar-refractivity contribution >= 4 is 5.97 Å². The SMILES string of the molecule is COC(=O)[C@H]1C[C@](O)(C(F)(F)F)CN1C. The maximum absolute atomic E-state index is 12.4. The molecule has 88 valence electrons. The second kappa shape index (κ2) is 3.64. The van der Waals surface area contributed by atoms with Crippen molar-refractivity contribution in [2.75, 3.05) is 20.7 Å². The van der Waals surface area contributed by atoms with Crippen molar-refractivity contribution in [3.05, 3.63) is 0 Å². The molecule has 1 aliphatic rings. The Hall–Kier alpha value is -0.820. The highest BCUT2D eigenvalue weighted by Gasteiger charge is 2.60. The molecule has 0 aromatic heterocycles. The molecule has 0 spiro atoms. The largest absolute Gasteiger partial charge is 0.468 e. The van der Waals surface area contributed by atoms with Crippen LogP contribution in [0.25, 0.3) is 0 Å². The Balaban J connectivity index is 2.83. The Bertz CT molecular complexity index is 268. The van der Waals surface area contributed by atoms with Crippen LogP contribution in [0.3, 0.4) is 0 Å². The molecular formula is C8H12F3NO3. The first-order valence-electron chi connectivity index (χ1n) is 4.28. The fraction of sp³-hybridized carbons (Fsp3) is 0.875. The lowest BCUT2D eigenvalue weighted by molar-refractivity contribution is -0.254. The number of esters is 1. The van der Waals surface area contributed by atoms with Crippen molar-refractivity contribution in [2.45, 2.75) is 24.2 Å². The number of aliphatic hydroxyl groups is 1. The number of carbonyl (C=O) groups is 1. The van der Waals surface area contributed by atoms with Crippen LogP contribution in [0.1, 0.15) is 6.42 Å². The predicted molar refractivity (Wildman–Crippen MR) is 44.1 cm³/mol. The number of β-amino-alcohol motifs (C(OH)–C–C–N with tert-alkyl or cyclic N) is 1. The first kappa shape index (κ1) is 12.3. The van der Waals surface area contributed by atoms with Gasteiger partial charge < -0.3 is 9.84 Å². The molecule has 1 N–H and O–H groups in total. The van der Waals surface area contributed by atoms with Crippen molar-refractivity contribution in [2.24, 2.45) is 0 Å². The van der Waals surface area contributed by atoms with E-state index in [0.717, 1.165) is 12.0 Å². The summed E-state index contributed by atoms with van der Waals surface area (Å²) in [6, 6.07) is -1.04. The standard InChI is InChI=1S/C8H12F3NO3/c1-12-4-7(14,8(9,10)11)3-5(12)6(13)15-2/h5,14H,3-4H2,1-2H3/t5-,7-/m1/s1. The number of halogens is 3. The van der Waals surface area contributed by atoms with Gasteiger partial charge in [-0.2, -0.15) is 13.2 Å². The van der Waals surface area contributed by atoms with Gasteiger partial charge in [-0.05, 0) is 7.05 Å². The van der Waals surface area contributed by atoms with Crippen LogP contribution in [-0.4, -0.2) is 54.5 Å². The molecule has 4 nitrogen and oxygen atoms in total. The number of nitrogens with zero attached hydrogens (tertiary/aromatic N) is 1. The molecule has 1 heterocycles. The number of likely N-dealkylation sites (N-methyl/N-ethyl adjacent to an activating group) is 1. The summed E-state index contributed by atoms with van der Waals surface area (Å²) in [5.74, 6) is -0.766. The number of carbonyl (C=O) groups excluding carboxylic acids is 1. The van der Waals surface area contributed by atoms with Crippen molar-refractivity contribution in [1.29, 1.82) is 0 Å². The predicted octanol–water partition coefficient (Wildman–Crippen LogP) is 0.157. The van der Waals surface area contributed by atoms with E-state index < -0.39 is 36.8 Å². The van der Waals surface area contributed by atoms with E-state index in [1.54, 1.807) is 0 Å². The Morgan fingerprint density at radius 2 is 2.13 bits per heavy atom. The molecule has 1 aliphatic heterocycles. The van der Waals surface area contributed by atoms with Crippen LogP contribution >= 0.6 is 0 Å². The van der Waals surface area contributed by atoms with Crippen molar-refractivity contribution in [1.82, 2.24) is 4.90 Å². The molecule has 0 radical (unpaired) electrons. The minimum absolute atomic E-state index is 0.615. The molecule has 1 rings (SSSR count). The molecule has 0 aliphatic carbocycles. The zero-order chi connectivity index (χ0) is 11.9. The molecule has 7 heteroatoms. The monoisotopic (exact) mass is 227 g/mol. The van der Waals surface area contributed by atoms with Crippen LogP contribution in [0.4, 0.5) is 13.2 Å². The van der Waals surface area contributed by atoms with Crippen LogP contribution in [0.5, 0.6) is 0 Å². The van der Waals surface area contributed by atoms with Gasteiger partial charge in [0, 0.05) is 13.0 Å². The highest BCUT2D eigenvalue weighted by Crippen LogP contribution is 2.39. The van der Waals surface area contributed by atoms with Gasteiger partial charge in [-0.15, -0.1) is 0 Å². The number of likely N-dealkylation sites (tertiary alicyclic amines) is 1. The third-order valence-electron chi connectivity index (χ3n) is 2.57. The number of methoxy groups -OCH3 is 1. The number of ether oxygens (including phenoxy) is 1. The second-order valence-electron chi connectivity index (χ2n) is 3.69. The number of hydrogen-bond donors (Lipinski definition) is 1. The van der Waals surface area contributed by atoms with Gasteiger partial charge in [0.05, 0.1) is 7.11 Å². The molecule has 15 heavy (non-hydrogen) atoms. The lowest BCUT2D eigenvalue weighted by Gasteiger charge is -2.24. The molecule has 1 fully saturated rings. The summed E-state index contributed by atoms with van der Waals surface area (Å²) in [7, 11) is 2.44. The maximum Gasteiger partial charge on any atom is 0.418 e. The first-order valence-corrected chi connectivity index (χ1v) is 4.28. The minimum Gasteiger partial charge on any atom is -0.468 e. The summed E-state index contributed by atoms with van der Waals surface area (Å²) in [5.41, 5.74) is -2.82. The van der Waals surface area contributed by atoms with E-state index in [0.29, 0.717) is 0 Å². The number of hydrogen-bond acceptors (Lipinski definition) is 4. The highest BCUT2D eigenvalue weighted by molar-refractivity contribution is 5.76. The third-order valence-corrected chi connectivity index (χ3v) is 2.57. The smallest absolute Gasteiger partial charge is 0.418 e. The quantitative estimate of drug-likeness (QED) is 0.648. The summed E-state index contributed by atoms with van der Waals surface area (Å²) >= 11 is 0. The maximum atomic E-state index is 12.4. The fourth-order valence-corrected chi connectivity index (χ4v) is 1.67. The molecule has 0 amide bonds. The number of rotatable bonds is 1. The Labute approximate surface area is 84.6 Å². The van der Waals surface area contributed by atoms with Crippen LogP contribution in [0.15, 0.2) is 0 Å². The Morgan fingerprint density at radius 3 is 2.47 bits per heavy atom. The van der Waals surface area contributed by atoms with E-state index >= 15 is 0 Å². The molecule has 0 aromatic rings. The lowest BCUT2D eigenvalue weighted by atomic mass is 10.00. The molecule has 2 atom stereocenters. The van der Waals surface area contributed by atoms with Gasteiger partial charge in [-0.1, -0.05) is 0 Å². The van der Waals surface area contributed by atoms with E-state index in [9.17, 15) is 23.1 Å². The van der Waals surface area contributed by atoms with Crippen LogP contribution in [-0.2, 0) is 9.53 Å². The van der Waals surface area contributed by atoms with Gasteiger partial charge in [0.15, 0.2) is 5.60 Å². The topological polar surface area (TPSA) is 49.8 Å². The molecule has 0 aromatic carbocycles. The van der Waals surface area contributed by atoms with Crippen LogP contribution < -0.4 is 0 Å². The Morgan fingerprint density at radius 1 is 1.60 bits per heavy atom. The van der Waals surface area contributed by atoms with Gasteiger partial charge in [-0.3, -0.25) is 9.69 Å². The van der Waals surface area contributed by atoms with Crippen molar-refractivity contribution in [3.8, 4) is 0 Å². The summed E-state index contributed by atoms with van der Waals surface area (Å²) < 4.78 is 41.6. The lowest BCUT2D eigenvalue weighted by Crippen LogP contribution is -2.46. The van der Waals surface area contributed by atoms with Gasteiger partial charge in [0.25, 0.3) is 0 Å². The number of alkyl halides is 3. The zero-order valence-corrected chi connectivity index (χ0v) is 8.34. The average Bonchev–Trinajstić information content (AvgIpc) is 2.41. The first-order chi connectivity index (χ1) is 6.71. The fourth-order valence-electron chi connectivity index (χ4n) is 1.67. The Kier molecular flexibility index (Phi) is 2.97. The van der Waals surface area contributed by atoms with Gasteiger partial charge in [-0.25, -0.2) is 0 Å². The summed E-state index contributed by atoms with van der Waals surface area (Å²) in [4.78, 5) is 12.2. The summed E-state index contributed by atoms with van der Waals surface area (Å²) in [6.45, 7) is -0.615. The van der Waals surface area contributed by atoms with E-state index in [-0.39, 0.29) is 0 Å². The molecular weight excluding hydrogens is 215 g/mol. The van der Waals surface area contributed by atoms with Crippen molar-refractivity contribution < 1.29 is 27.8 Å². The molecule has 0 bridgehead atoms. The van der Waals surface area contributed by atoms with Crippen molar-refractivity contribution in [3.63, 3.8) is 0 Å². The van der Waals surface area contributed by atoms with E-state index in [1.807, 2.05) is 0 Å². The van der Waals surface area contributed by atoms with Gasteiger partial charge in [0.2, 0.25) is 0 Å². The van der Waals surface area contributed by atoms with E-state index in [1.165, 1.54) is 7.05 Å². The summed E-state index contributed by atoms with van der Waals surface area (Å²) in [5, 5.41) is 9.34. The van der Waals surface area contributed by atoms with Crippen LogP contribution in [0, 0.1) is 0 Å². The van der Waals surface area contributed by atoms with Gasteiger partial charge in [0.1, 0.15) is 6.04 Å². The van der Waals surface area contributed by atoms with E-state index in [4.69, 9.17) is 0 Å². The average molecular weight is 227 g/mol. The summed E-state index contributed by atoms with van der Waals surface area (Å²) in [6.07, 6.45) is -5.41. The zero-order valence-electron chi connectivity index (χ0n) is 8.34. The molecule has 0 unspecified atom stereocenters. The third kappa shape index (κ3) is 2.07. The van der Waals surface area contributed by atoms with E-state index in [2.05, 4.69) is 4.74 Å². The van der Waals surface area contributed by atoms with Gasteiger partial charge >= 0.3 is 12.1 Å². The minimum atomic E-state index is -4.73. The highest BCUT2D eigenvalue weighted by atomic mass is 19.4. The van der Waals surface area contributed by atoms with Crippen LogP contribution in [0.2, 0.25) is 0 Å². The molecule has 1 saturated heterocycles. The molecule has 0 saturated carbocycles.